The molecule has 1 amide bonds. The highest BCUT2D eigenvalue weighted by molar-refractivity contribution is 5.73. The van der Waals surface area contributed by atoms with Gasteiger partial charge in [0, 0.05) is 11.8 Å². The van der Waals surface area contributed by atoms with E-state index in [1.807, 2.05) is 32.0 Å². The summed E-state index contributed by atoms with van der Waals surface area (Å²) in [5.41, 5.74) is 14.6. The predicted octanol–water partition coefficient (Wildman–Crippen LogP) is 1.47. The normalized spacial score (nSPS) is 11.1. The lowest BCUT2D eigenvalue weighted by atomic mass is 10.0. The fraction of sp³-hybridized carbons (Fsp3) is 0.200. The number of amides is 1. The van der Waals surface area contributed by atoms with Crippen LogP contribution in [-0.4, -0.2) is 40.6 Å². The van der Waals surface area contributed by atoms with E-state index in [1.165, 1.54) is 9.36 Å². The fourth-order valence-corrected chi connectivity index (χ4v) is 3.13. The minimum atomic E-state index is -0.758. The molecule has 158 valence electrons. The topological polar surface area (TPSA) is 143 Å². The third kappa shape index (κ3) is 4.10. The van der Waals surface area contributed by atoms with Crippen LogP contribution in [-0.2, 0) is 17.9 Å². The summed E-state index contributed by atoms with van der Waals surface area (Å²) in [4.78, 5) is 19.5. The van der Waals surface area contributed by atoms with Crippen LogP contribution in [0.15, 0.2) is 36.7 Å². The van der Waals surface area contributed by atoms with Crippen LogP contribution in [0.3, 0.4) is 0 Å². The summed E-state index contributed by atoms with van der Waals surface area (Å²) in [6.07, 6.45) is 3.18. The number of nitrogen functional groups attached to an aromatic ring is 1. The van der Waals surface area contributed by atoms with Gasteiger partial charge in [-0.1, -0.05) is 23.4 Å². The molecule has 4 N–H and O–H groups in total. The van der Waals surface area contributed by atoms with Crippen LogP contribution < -0.4 is 11.5 Å². The Labute approximate surface area is 176 Å². The third-order valence-corrected chi connectivity index (χ3v) is 4.84. The van der Waals surface area contributed by atoms with Crippen LogP contribution in [0.25, 0.3) is 22.8 Å². The van der Waals surface area contributed by atoms with Crippen LogP contribution in [0.1, 0.15) is 16.8 Å². The van der Waals surface area contributed by atoms with Gasteiger partial charge in [-0.05, 0) is 31.0 Å². The number of halogens is 1. The molecule has 3 heterocycles. The Kier molecular flexibility index (Phi) is 5.15. The van der Waals surface area contributed by atoms with Crippen molar-refractivity contribution in [3.05, 3.63) is 59.3 Å². The highest BCUT2D eigenvalue weighted by atomic mass is 19.1. The Bertz CT molecular complexity index is 1280. The maximum Gasteiger partial charge on any atom is 0.239 e. The van der Waals surface area contributed by atoms with Crippen LogP contribution in [0.2, 0.25) is 0 Å². The van der Waals surface area contributed by atoms with Gasteiger partial charge in [0.25, 0.3) is 0 Å². The van der Waals surface area contributed by atoms with E-state index in [0.717, 1.165) is 16.7 Å². The summed E-state index contributed by atoms with van der Waals surface area (Å²) >= 11 is 0. The Hall–Kier alpha value is -4.15. The van der Waals surface area contributed by atoms with E-state index < -0.39 is 11.7 Å². The zero-order valence-electron chi connectivity index (χ0n) is 16.9. The third-order valence-electron chi connectivity index (χ3n) is 4.84. The number of carbonyl (C=O) groups is 1. The first-order chi connectivity index (χ1) is 14.8. The number of rotatable bonds is 6. The summed E-state index contributed by atoms with van der Waals surface area (Å²) < 4.78 is 17.7. The van der Waals surface area contributed by atoms with Crippen molar-refractivity contribution in [1.82, 2.24) is 34.7 Å². The quantitative estimate of drug-likeness (QED) is 0.480. The van der Waals surface area contributed by atoms with Crippen LogP contribution in [0.5, 0.6) is 0 Å². The van der Waals surface area contributed by atoms with Gasteiger partial charge in [-0.3, -0.25) is 9.48 Å². The van der Waals surface area contributed by atoms with Crippen molar-refractivity contribution in [1.29, 1.82) is 0 Å². The average Bonchev–Trinajstić information content (AvgIpc) is 3.35. The van der Waals surface area contributed by atoms with Gasteiger partial charge in [0.1, 0.15) is 17.9 Å². The molecule has 0 fully saturated rings. The first kappa shape index (κ1) is 20.1. The molecular weight excluding hydrogens is 401 g/mol. The largest absolute Gasteiger partial charge is 0.381 e. The second-order valence-electron chi connectivity index (χ2n) is 7.11. The van der Waals surface area contributed by atoms with Crippen molar-refractivity contribution in [3.63, 3.8) is 0 Å². The van der Waals surface area contributed by atoms with Crippen molar-refractivity contribution in [2.24, 2.45) is 5.73 Å². The number of benzene rings is 1. The fourth-order valence-electron chi connectivity index (χ4n) is 3.13. The Morgan fingerprint density at radius 2 is 1.97 bits per heavy atom. The molecule has 0 aliphatic carbocycles. The number of carbonyl (C=O) groups excluding carboxylic acids is 1. The van der Waals surface area contributed by atoms with Gasteiger partial charge < -0.3 is 11.5 Å². The number of hydrogen-bond donors (Lipinski definition) is 2. The van der Waals surface area contributed by atoms with E-state index >= 15 is 0 Å². The second-order valence-corrected chi connectivity index (χ2v) is 7.11. The first-order valence-electron chi connectivity index (χ1n) is 9.42. The average molecular weight is 421 g/mol. The van der Waals surface area contributed by atoms with Gasteiger partial charge in [0.2, 0.25) is 5.91 Å². The lowest BCUT2D eigenvalue weighted by Gasteiger charge is -2.10. The molecule has 3 aromatic heterocycles. The van der Waals surface area contributed by atoms with Crippen LogP contribution >= 0.6 is 0 Å². The van der Waals surface area contributed by atoms with E-state index in [4.69, 9.17) is 11.5 Å². The molecule has 0 atom stereocenters. The van der Waals surface area contributed by atoms with E-state index in [-0.39, 0.29) is 30.3 Å². The molecule has 0 saturated carbocycles. The maximum absolute atomic E-state index is 14.7. The molecule has 0 saturated heterocycles. The number of anilines is 1. The monoisotopic (exact) mass is 421 g/mol. The molecule has 0 aliphatic rings. The molecule has 10 nitrogen and oxygen atoms in total. The van der Waals surface area contributed by atoms with E-state index in [1.54, 1.807) is 18.5 Å². The SMILES string of the molecule is Cc1cccc(-c2nc(N)c(F)c(-c3cn(Cc4ccn(CC(N)=O)n4)nn3)n2)c1C. The van der Waals surface area contributed by atoms with E-state index in [2.05, 4.69) is 25.4 Å². The zero-order chi connectivity index (χ0) is 22.1. The number of aromatic nitrogens is 7. The number of nitrogens with zero attached hydrogens (tertiary/aromatic N) is 7. The van der Waals surface area contributed by atoms with E-state index in [0.29, 0.717) is 11.5 Å². The van der Waals surface area contributed by atoms with Gasteiger partial charge in [-0.2, -0.15) is 5.10 Å². The number of primary amides is 1. The van der Waals surface area contributed by atoms with Crippen molar-refractivity contribution < 1.29 is 9.18 Å². The van der Waals surface area contributed by atoms with Crippen molar-refractivity contribution in [3.8, 4) is 22.8 Å². The standard InChI is InChI=1S/C20H20FN9O/c1-11-4-3-5-14(12(11)2)20-24-18(17(21)19(23)25-20)15-9-30(28-26-15)8-13-6-7-29(27-13)10-16(22)31/h3-7,9H,8,10H2,1-2H3,(H2,22,31)(H2,23,24,25). The Morgan fingerprint density at radius 1 is 1.16 bits per heavy atom. The summed E-state index contributed by atoms with van der Waals surface area (Å²) in [6.45, 7) is 4.17. The maximum atomic E-state index is 14.7. The smallest absolute Gasteiger partial charge is 0.239 e. The minimum Gasteiger partial charge on any atom is -0.381 e. The van der Waals surface area contributed by atoms with Crippen LogP contribution in [0.4, 0.5) is 10.2 Å². The molecular formula is C20H20FN9O. The van der Waals surface area contributed by atoms with Crippen molar-refractivity contribution >= 4 is 11.7 Å². The number of nitrogens with two attached hydrogens (primary N) is 2. The molecule has 0 radical (unpaired) electrons. The van der Waals surface area contributed by atoms with Gasteiger partial charge in [-0.15, -0.1) is 5.10 Å². The highest BCUT2D eigenvalue weighted by Gasteiger charge is 2.19. The summed E-state index contributed by atoms with van der Waals surface area (Å²) in [7, 11) is 0. The van der Waals surface area contributed by atoms with Gasteiger partial charge >= 0.3 is 0 Å². The molecule has 0 bridgehead atoms. The van der Waals surface area contributed by atoms with Gasteiger partial charge in [0.15, 0.2) is 17.5 Å². The van der Waals surface area contributed by atoms with Crippen molar-refractivity contribution in [2.75, 3.05) is 5.73 Å². The van der Waals surface area contributed by atoms with Crippen LogP contribution in [0, 0.1) is 19.7 Å². The molecule has 0 aliphatic heterocycles. The summed E-state index contributed by atoms with van der Waals surface area (Å²) in [5.74, 6) is -1.20. The first-order valence-corrected chi connectivity index (χ1v) is 9.42. The van der Waals surface area contributed by atoms with Gasteiger partial charge in [-0.25, -0.2) is 19.0 Å². The lowest BCUT2D eigenvalue weighted by Crippen LogP contribution is -2.19. The molecule has 31 heavy (non-hydrogen) atoms. The minimum absolute atomic E-state index is 0.0187. The number of hydrogen-bond acceptors (Lipinski definition) is 7. The molecule has 11 heteroatoms. The Morgan fingerprint density at radius 3 is 2.74 bits per heavy atom. The Balaban J connectivity index is 1.65. The predicted molar refractivity (Wildman–Crippen MR) is 111 cm³/mol. The number of aryl methyl sites for hydroxylation is 1. The molecule has 4 rings (SSSR count). The highest BCUT2D eigenvalue weighted by Crippen LogP contribution is 2.28. The van der Waals surface area contributed by atoms with Gasteiger partial charge in [0.05, 0.1) is 18.4 Å². The van der Waals surface area contributed by atoms with E-state index in [9.17, 15) is 9.18 Å². The molecule has 1 aromatic carbocycles. The molecule has 0 unspecified atom stereocenters. The summed E-state index contributed by atoms with van der Waals surface area (Å²) in [6, 6.07) is 7.45. The summed E-state index contributed by atoms with van der Waals surface area (Å²) in [5, 5.41) is 12.3. The zero-order valence-corrected chi connectivity index (χ0v) is 16.9. The van der Waals surface area contributed by atoms with Crippen molar-refractivity contribution in [2.45, 2.75) is 26.9 Å². The molecule has 0 spiro atoms. The second kappa shape index (κ2) is 7.94. The lowest BCUT2D eigenvalue weighted by molar-refractivity contribution is -0.118. The molecule has 4 aromatic rings.